The van der Waals surface area contributed by atoms with E-state index in [4.69, 9.17) is 22.1 Å². The first-order chi connectivity index (χ1) is 10.3. The lowest BCUT2D eigenvalue weighted by atomic mass is 10.1. The second-order valence-corrected chi connectivity index (χ2v) is 5.15. The van der Waals surface area contributed by atoms with Crippen LogP contribution in [0.25, 0.3) is 10.8 Å². The summed E-state index contributed by atoms with van der Waals surface area (Å²) in [6.07, 6.45) is 1.75. The van der Waals surface area contributed by atoms with Gasteiger partial charge in [0.15, 0.2) is 0 Å². The molecule has 4 heteroatoms. The molecule has 0 fully saturated rings. The summed E-state index contributed by atoms with van der Waals surface area (Å²) in [4.78, 5) is 4.18. The number of ether oxygens (including phenoxy) is 1. The molecular formula is C17H15ClN2O. The maximum Gasteiger partial charge on any atom is 0.127 e. The van der Waals surface area contributed by atoms with Crippen LogP contribution in [0.1, 0.15) is 11.3 Å². The van der Waals surface area contributed by atoms with E-state index in [0.29, 0.717) is 13.2 Å². The number of aromatic nitrogens is 1. The van der Waals surface area contributed by atoms with Gasteiger partial charge < -0.3 is 10.5 Å². The first kappa shape index (κ1) is 13.9. The lowest BCUT2D eigenvalue weighted by Crippen LogP contribution is -2.02. The van der Waals surface area contributed by atoms with Crippen molar-refractivity contribution < 1.29 is 4.74 Å². The van der Waals surface area contributed by atoms with Crippen molar-refractivity contribution in [2.24, 2.45) is 5.73 Å². The molecular weight excluding hydrogens is 284 g/mol. The molecule has 0 aliphatic rings. The molecule has 0 spiro atoms. The van der Waals surface area contributed by atoms with E-state index in [1.54, 1.807) is 6.20 Å². The molecule has 1 aromatic heterocycles. The third kappa shape index (κ3) is 2.99. The number of nitrogens with two attached hydrogens (primary N) is 1. The molecule has 2 aromatic carbocycles. The predicted molar refractivity (Wildman–Crippen MR) is 85.4 cm³/mol. The van der Waals surface area contributed by atoms with E-state index in [1.807, 2.05) is 48.5 Å². The minimum Gasteiger partial charge on any atom is -0.488 e. The standard InChI is InChI=1S/C17H15ClN2O/c18-16-5-6-17(15-4-2-1-3-14(15)16)21-11-12-7-8-20-13(9-12)10-19/h1-9H,10-11,19H2. The second-order valence-electron chi connectivity index (χ2n) is 4.74. The zero-order chi connectivity index (χ0) is 14.7. The van der Waals surface area contributed by atoms with E-state index in [2.05, 4.69) is 4.98 Å². The van der Waals surface area contributed by atoms with Crippen molar-refractivity contribution in [3.05, 3.63) is 71.0 Å². The molecule has 0 amide bonds. The van der Waals surface area contributed by atoms with E-state index in [9.17, 15) is 0 Å². The van der Waals surface area contributed by atoms with Gasteiger partial charge in [-0.2, -0.15) is 0 Å². The fourth-order valence-corrected chi connectivity index (χ4v) is 2.48. The summed E-state index contributed by atoms with van der Waals surface area (Å²) < 4.78 is 5.93. The van der Waals surface area contributed by atoms with E-state index in [-0.39, 0.29) is 0 Å². The summed E-state index contributed by atoms with van der Waals surface area (Å²) in [5.74, 6) is 0.820. The van der Waals surface area contributed by atoms with Gasteiger partial charge in [0.2, 0.25) is 0 Å². The number of rotatable bonds is 4. The predicted octanol–water partition coefficient (Wildman–Crippen LogP) is 3.93. The van der Waals surface area contributed by atoms with Gasteiger partial charge in [-0.3, -0.25) is 4.98 Å². The number of hydrogen-bond acceptors (Lipinski definition) is 3. The fourth-order valence-electron chi connectivity index (χ4n) is 2.25. The zero-order valence-corrected chi connectivity index (χ0v) is 12.2. The largest absolute Gasteiger partial charge is 0.488 e. The molecule has 0 aliphatic carbocycles. The van der Waals surface area contributed by atoms with Crippen molar-refractivity contribution in [3.63, 3.8) is 0 Å². The summed E-state index contributed by atoms with van der Waals surface area (Å²) in [6.45, 7) is 0.902. The third-order valence-corrected chi connectivity index (χ3v) is 3.64. The Bertz CT molecular complexity index is 774. The van der Waals surface area contributed by atoms with Crippen molar-refractivity contribution in [1.29, 1.82) is 0 Å². The van der Waals surface area contributed by atoms with Crippen LogP contribution in [0, 0.1) is 0 Å². The number of halogens is 1. The zero-order valence-electron chi connectivity index (χ0n) is 11.4. The van der Waals surface area contributed by atoms with Gasteiger partial charge in [0.1, 0.15) is 12.4 Å². The van der Waals surface area contributed by atoms with Gasteiger partial charge in [-0.15, -0.1) is 0 Å². The number of hydrogen-bond donors (Lipinski definition) is 1. The lowest BCUT2D eigenvalue weighted by molar-refractivity contribution is 0.310. The van der Waals surface area contributed by atoms with Crippen LogP contribution in [0.2, 0.25) is 5.02 Å². The van der Waals surface area contributed by atoms with Crippen molar-refractivity contribution in [3.8, 4) is 5.75 Å². The van der Waals surface area contributed by atoms with Crippen LogP contribution in [-0.4, -0.2) is 4.98 Å². The van der Waals surface area contributed by atoms with E-state index >= 15 is 0 Å². The molecule has 21 heavy (non-hydrogen) atoms. The van der Waals surface area contributed by atoms with Gasteiger partial charge in [-0.05, 0) is 29.8 Å². The number of fused-ring (bicyclic) bond motifs is 1. The highest BCUT2D eigenvalue weighted by Gasteiger charge is 2.05. The van der Waals surface area contributed by atoms with Gasteiger partial charge in [0.05, 0.1) is 5.69 Å². The summed E-state index contributed by atoms with van der Waals surface area (Å²) in [5, 5.41) is 2.74. The van der Waals surface area contributed by atoms with Crippen LogP contribution >= 0.6 is 11.6 Å². The molecule has 3 rings (SSSR count). The topological polar surface area (TPSA) is 48.1 Å². The van der Waals surface area contributed by atoms with Crippen molar-refractivity contribution in [1.82, 2.24) is 4.98 Å². The first-order valence-electron chi connectivity index (χ1n) is 6.72. The maximum absolute atomic E-state index is 6.21. The Labute approximate surface area is 128 Å². The Kier molecular flexibility index (Phi) is 4.04. The fraction of sp³-hybridized carbons (Fsp3) is 0.118. The summed E-state index contributed by atoms with van der Waals surface area (Å²) in [5.41, 5.74) is 7.50. The highest BCUT2D eigenvalue weighted by Crippen LogP contribution is 2.31. The SMILES string of the molecule is NCc1cc(COc2ccc(Cl)c3ccccc23)ccn1. The molecule has 0 saturated carbocycles. The van der Waals surface area contributed by atoms with Crippen LogP contribution < -0.4 is 10.5 Å². The average molecular weight is 299 g/mol. The smallest absolute Gasteiger partial charge is 0.127 e. The molecule has 0 radical (unpaired) electrons. The Morgan fingerprint density at radius 1 is 1.05 bits per heavy atom. The number of benzene rings is 2. The van der Waals surface area contributed by atoms with Crippen LogP contribution in [-0.2, 0) is 13.2 Å². The lowest BCUT2D eigenvalue weighted by Gasteiger charge is -2.11. The first-order valence-corrected chi connectivity index (χ1v) is 7.09. The molecule has 3 nitrogen and oxygen atoms in total. The van der Waals surface area contributed by atoms with Gasteiger partial charge in [-0.25, -0.2) is 0 Å². The molecule has 106 valence electrons. The Balaban J connectivity index is 1.87. The van der Waals surface area contributed by atoms with Gasteiger partial charge in [-0.1, -0.05) is 35.9 Å². The monoisotopic (exact) mass is 298 g/mol. The Morgan fingerprint density at radius 3 is 2.67 bits per heavy atom. The molecule has 0 unspecified atom stereocenters. The van der Waals surface area contributed by atoms with Crippen LogP contribution in [0.4, 0.5) is 0 Å². The quantitative estimate of drug-likeness (QED) is 0.794. The highest BCUT2D eigenvalue weighted by molar-refractivity contribution is 6.35. The normalized spacial score (nSPS) is 10.8. The highest BCUT2D eigenvalue weighted by atomic mass is 35.5. The maximum atomic E-state index is 6.21. The minimum absolute atomic E-state index is 0.428. The molecule has 3 aromatic rings. The molecule has 0 atom stereocenters. The van der Waals surface area contributed by atoms with Crippen molar-refractivity contribution >= 4 is 22.4 Å². The van der Waals surface area contributed by atoms with E-state index in [1.165, 1.54) is 0 Å². The molecule has 2 N–H and O–H groups in total. The van der Waals surface area contributed by atoms with Crippen LogP contribution in [0.5, 0.6) is 5.75 Å². The van der Waals surface area contributed by atoms with Gasteiger partial charge in [0.25, 0.3) is 0 Å². The molecule has 0 bridgehead atoms. The molecule has 0 saturated heterocycles. The summed E-state index contributed by atoms with van der Waals surface area (Å²) in [7, 11) is 0. The van der Waals surface area contributed by atoms with Gasteiger partial charge >= 0.3 is 0 Å². The number of nitrogens with zero attached hydrogens (tertiary/aromatic N) is 1. The third-order valence-electron chi connectivity index (χ3n) is 3.32. The Morgan fingerprint density at radius 2 is 1.86 bits per heavy atom. The Hall–Kier alpha value is -2.10. The van der Waals surface area contributed by atoms with Crippen molar-refractivity contribution in [2.45, 2.75) is 13.2 Å². The van der Waals surface area contributed by atoms with Gasteiger partial charge in [0, 0.05) is 28.5 Å². The van der Waals surface area contributed by atoms with Crippen LogP contribution in [0.3, 0.4) is 0 Å². The average Bonchev–Trinajstić information content (AvgIpc) is 2.55. The molecule has 1 heterocycles. The second kappa shape index (κ2) is 6.12. The number of pyridine rings is 1. The summed E-state index contributed by atoms with van der Waals surface area (Å²) in [6, 6.07) is 15.6. The van der Waals surface area contributed by atoms with Crippen LogP contribution in [0.15, 0.2) is 54.7 Å². The van der Waals surface area contributed by atoms with E-state index < -0.39 is 0 Å². The van der Waals surface area contributed by atoms with E-state index in [0.717, 1.165) is 32.8 Å². The minimum atomic E-state index is 0.428. The van der Waals surface area contributed by atoms with Crippen molar-refractivity contribution in [2.75, 3.05) is 0 Å². The summed E-state index contributed by atoms with van der Waals surface area (Å²) >= 11 is 6.21. The molecule has 0 aliphatic heterocycles.